The highest BCUT2D eigenvalue weighted by atomic mass is 79.9. The van der Waals surface area contributed by atoms with Crippen LogP contribution in [0.25, 0.3) is 10.2 Å². The molecule has 3 rings (SSSR count). The minimum Gasteiger partial charge on any atom is -0.320 e. The number of rotatable bonds is 2. The van der Waals surface area contributed by atoms with Crippen LogP contribution in [0.3, 0.4) is 0 Å². The van der Waals surface area contributed by atoms with Gasteiger partial charge >= 0.3 is 6.18 Å². The maximum atomic E-state index is 12.8. The van der Waals surface area contributed by atoms with Crippen molar-refractivity contribution in [2.75, 3.05) is 5.32 Å². The Morgan fingerprint density at radius 1 is 1.20 bits per heavy atom. The minimum absolute atomic E-state index is 0.187. The lowest BCUT2D eigenvalue weighted by molar-refractivity contribution is -0.140. The maximum absolute atomic E-state index is 12.8. The number of aryl methyl sites for hydroxylation is 1. The van der Waals surface area contributed by atoms with E-state index >= 15 is 0 Å². The van der Waals surface area contributed by atoms with Crippen LogP contribution < -0.4 is 5.32 Å². The average molecular weight is 494 g/mol. The molecular weight excluding hydrogens is 485 g/mol. The number of amides is 1. The molecule has 0 bridgehead atoms. The summed E-state index contributed by atoms with van der Waals surface area (Å²) in [5.74, 6) is -0.392. The van der Waals surface area contributed by atoms with Gasteiger partial charge in [0.15, 0.2) is 0 Å². The standard InChI is InChI=1S/C16H9Br2F3N2OS/c1-7-9-3-5-12(16(19,20)21)23-15(9)25-13(7)14(24)22-11-4-2-8(17)6-10(11)18/h2-6H,1H3,(H,22,24). The SMILES string of the molecule is Cc1c(C(=O)Nc2ccc(Br)cc2Br)sc2nc(C(F)(F)F)ccc12. The number of alkyl halides is 3. The Morgan fingerprint density at radius 2 is 1.92 bits per heavy atom. The van der Waals surface area contributed by atoms with Gasteiger partial charge in [-0.15, -0.1) is 11.3 Å². The maximum Gasteiger partial charge on any atom is 0.433 e. The number of aromatic nitrogens is 1. The molecule has 9 heteroatoms. The predicted octanol–water partition coefficient (Wildman–Crippen LogP) is 6.40. The summed E-state index contributed by atoms with van der Waals surface area (Å²) in [6, 6.07) is 7.55. The van der Waals surface area contributed by atoms with Crippen molar-refractivity contribution in [2.24, 2.45) is 0 Å². The van der Waals surface area contributed by atoms with Gasteiger partial charge in [-0.05, 0) is 58.7 Å². The van der Waals surface area contributed by atoms with Crippen LogP contribution in [0.15, 0.2) is 39.3 Å². The number of hydrogen-bond donors (Lipinski definition) is 1. The fourth-order valence-corrected chi connectivity index (χ4v) is 4.47. The molecule has 0 aliphatic rings. The van der Waals surface area contributed by atoms with E-state index in [1.54, 1.807) is 25.1 Å². The topological polar surface area (TPSA) is 42.0 Å². The van der Waals surface area contributed by atoms with E-state index in [0.717, 1.165) is 21.9 Å². The summed E-state index contributed by atoms with van der Waals surface area (Å²) in [5.41, 5.74) is 0.199. The van der Waals surface area contributed by atoms with Gasteiger partial charge in [0.25, 0.3) is 5.91 Å². The fraction of sp³-hybridized carbons (Fsp3) is 0.125. The Kier molecular flexibility index (Phi) is 4.91. The third-order valence-corrected chi connectivity index (χ3v) is 5.83. The van der Waals surface area contributed by atoms with Crippen molar-refractivity contribution in [3.63, 3.8) is 0 Å². The second-order valence-corrected chi connectivity index (χ2v) is 7.95. The molecule has 1 aromatic carbocycles. The summed E-state index contributed by atoms with van der Waals surface area (Å²) in [7, 11) is 0. The Labute approximate surface area is 161 Å². The molecular formula is C16H9Br2F3N2OS. The van der Waals surface area contributed by atoms with Crippen LogP contribution in [0.2, 0.25) is 0 Å². The second-order valence-electron chi connectivity index (χ2n) is 5.18. The van der Waals surface area contributed by atoms with Gasteiger partial charge in [0.05, 0.1) is 10.6 Å². The largest absolute Gasteiger partial charge is 0.433 e. The number of carbonyl (C=O) groups is 1. The third-order valence-electron chi connectivity index (χ3n) is 3.48. The van der Waals surface area contributed by atoms with Gasteiger partial charge in [0, 0.05) is 14.3 Å². The molecule has 0 unspecified atom stereocenters. The molecule has 0 saturated carbocycles. The van der Waals surface area contributed by atoms with E-state index in [4.69, 9.17) is 0 Å². The molecule has 1 N–H and O–H groups in total. The molecule has 3 nitrogen and oxygen atoms in total. The monoisotopic (exact) mass is 492 g/mol. The zero-order valence-electron chi connectivity index (χ0n) is 12.5. The highest BCUT2D eigenvalue weighted by molar-refractivity contribution is 9.11. The number of hydrogen-bond acceptors (Lipinski definition) is 3. The third kappa shape index (κ3) is 3.73. The van der Waals surface area contributed by atoms with Crippen LogP contribution in [0.4, 0.5) is 18.9 Å². The molecule has 0 aliphatic heterocycles. The quantitative estimate of drug-likeness (QED) is 0.448. The summed E-state index contributed by atoms with van der Waals surface area (Å²) >= 11 is 7.62. The van der Waals surface area contributed by atoms with Gasteiger partial charge in [-0.2, -0.15) is 13.2 Å². The molecule has 2 heterocycles. The lowest BCUT2D eigenvalue weighted by Crippen LogP contribution is -2.11. The number of anilines is 1. The van der Waals surface area contributed by atoms with Crippen LogP contribution in [0, 0.1) is 6.92 Å². The molecule has 0 saturated heterocycles. The molecule has 0 atom stereocenters. The van der Waals surface area contributed by atoms with E-state index in [1.165, 1.54) is 6.07 Å². The number of thiophene rings is 1. The first-order chi connectivity index (χ1) is 11.7. The normalized spacial score (nSPS) is 11.8. The number of carbonyl (C=O) groups excluding carboxylic acids is 1. The Hall–Kier alpha value is -1.45. The number of fused-ring (bicyclic) bond motifs is 1. The number of nitrogens with zero attached hydrogens (tertiary/aromatic N) is 1. The summed E-state index contributed by atoms with van der Waals surface area (Å²) in [4.78, 5) is 16.7. The first-order valence-electron chi connectivity index (χ1n) is 6.90. The Morgan fingerprint density at radius 3 is 2.56 bits per heavy atom. The molecule has 2 aromatic heterocycles. The number of pyridine rings is 1. The molecule has 0 spiro atoms. The van der Waals surface area contributed by atoms with Crippen molar-refractivity contribution >= 4 is 65.0 Å². The van der Waals surface area contributed by atoms with E-state index in [1.807, 2.05) is 0 Å². The average Bonchev–Trinajstić information content (AvgIpc) is 2.86. The lowest BCUT2D eigenvalue weighted by atomic mass is 10.1. The summed E-state index contributed by atoms with van der Waals surface area (Å²) in [5, 5.41) is 3.29. The van der Waals surface area contributed by atoms with Gasteiger partial charge in [-0.1, -0.05) is 15.9 Å². The molecule has 130 valence electrons. The molecule has 0 aliphatic carbocycles. The van der Waals surface area contributed by atoms with Crippen molar-refractivity contribution in [3.8, 4) is 0 Å². The van der Waals surface area contributed by atoms with E-state index < -0.39 is 17.8 Å². The molecule has 3 aromatic rings. The van der Waals surface area contributed by atoms with Crippen LogP contribution in [0.1, 0.15) is 20.9 Å². The van der Waals surface area contributed by atoms with Gasteiger partial charge in [0.2, 0.25) is 0 Å². The summed E-state index contributed by atoms with van der Waals surface area (Å²) < 4.78 is 39.9. The smallest absolute Gasteiger partial charge is 0.320 e. The number of benzene rings is 1. The van der Waals surface area contributed by atoms with Crippen molar-refractivity contribution in [1.82, 2.24) is 4.98 Å². The Bertz CT molecular complexity index is 985. The molecule has 25 heavy (non-hydrogen) atoms. The minimum atomic E-state index is -4.52. The molecule has 0 radical (unpaired) electrons. The van der Waals surface area contributed by atoms with Gasteiger partial charge < -0.3 is 5.32 Å². The van der Waals surface area contributed by atoms with Crippen LogP contribution in [-0.2, 0) is 6.18 Å². The Balaban J connectivity index is 1.97. The second kappa shape index (κ2) is 6.69. The van der Waals surface area contributed by atoms with Gasteiger partial charge in [-0.25, -0.2) is 4.98 Å². The highest BCUT2D eigenvalue weighted by Gasteiger charge is 2.33. The fourth-order valence-electron chi connectivity index (χ4n) is 2.24. The van der Waals surface area contributed by atoms with Crippen LogP contribution in [-0.4, -0.2) is 10.9 Å². The van der Waals surface area contributed by atoms with E-state index in [0.29, 0.717) is 26.0 Å². The predicted molar refractivity (Wildman–Crippen MR) is 99.2 cm³/mol. The van der Waals surface area contributed by atoms with Crippen LogP contribution in [0.5, 0.6) is 0 Å². The summed E-state index contributed by atoms with van der Waals surface area (Å²) in [6.07, 6.45) is -4.52. The van der Waals surface area contributed by atoms with E-state index in [9.17, 15) is 18.0 Å². The van der Waals surface area contributed by atoms with Crippen LogP contribution >= 0.6 is 43.2 Å². The number of nitrogens with one attached hydrogen (secondary N) is 1. The van der Waals surface area contributed by atoms with E-state index in [-0.39, 0.29) is 4.83 Å². The van der Waals surface area contributed by atoms with Crippen molar-refractivity contribution in [1.29, 1.82) is 0 Å². The zero-order valence-corrected chi connectivity index (χ0v) is 16.5. The van der Waals surface area contributed by atoms with Crippen molar-refractivity contribution in [2.45, 2.75) is 13.1 Å². The first-order valence-corrected chi connectivity index (χ1v) is 9.31. The van der Waals surface area contributed by atoms with E-state index in [2.05, 4.69) is 42.2 Å². The highest BCUT2D eigenvalue weighted by Crippen LogP contribution is 2.35. The first kappa shape index (κ1) is 18.3. The molecule has 1 amide bonds. The summed E-state index contributed by atoms with van der Waals surface area (Å²) in [6.45, 7) is 1.69. The lowest BCUT2D eigenvalue weighted by Gasteiger charge is -2.07. The molecule has 0 fully saturated rings. The van der Waals surface area contributed by atoms with Gasteiger partial charge in [0.1, 0.15) is 10.5 Å². The van der Waals surface area contributed by atoms with Gasteiger partial charge in [-0.3, -0.25) is 4.79 Å². The zero-order chi connectivity index (χ0) is 18.4. The van der Waals surface area contributed by atoms with Crippen molar-refractivity contribution in [3.05, 3.63) is 55.4 Å². The number of halogens is 5. The van der Waals surface area contributed by atoms with Crippen molar-refractivity contribution < 1.29 is 18.0 Å².